The molecule has 1 heterocycles. The average molecular weight is 180 g/mol. The fourth-order valence-corrected chi connectivity index (χ4v) is 0.836. The summed E-state index contributed by atoms with van der Waals surface area (Å²) in [6, 6.07) is 7.80. The van der Waals surface area contributed by atoms with E-state index in [0.717, 1.165) is 11.0 Å². The number of aromatic nitrogens is 2. The smallest absolute Gasteiger partial charge is 0.443 e. The van der Waals surface area contributed by atoms with Crippen LogP contribution in [0.1, 0.15) is 0 Å². The first-order valence-electron chi connectivity index (χ1n) is 2.79. The van der Waals surface area contributed by atoms with Gasteiger partial charge in [-0.05, 0) is 11.0 Å². The summed E-state index contributed by atoms with van der Waals surface area (Å²) in [5, 5.41) is 0. The van der Waals surface area contributed by atoms with E-state index < -0.39 is 0 Å². The summed E-state index contributed by atoms with van der Waals surface area (Å²) in [7, 11) is 0. The third kappa shape index (κ3) is 1.92. The van der Waals surface area contributed by atoms with E-state index in [2.05, 4.69) is 9.97 Å². The van der Waals surface area contributed by atoms with Crippen molar-refractivity contribution in [3.05, 3.63) is 38.0 Å². The molecular formula is C8H8N2Ti. The van der Waals surface area contributed by atoms with Crippen LogP contribution in [0.25, 0.3) is 11.0 Å². The maximum Gasteiger partial charge on any atom is 2.00 e. The van der Waals surface area contributed by atoms with Crippen molar-refractivity contribution >= 4 is 11.0 Å². The number of rotatable bonds is 0. The molecule has 2 aromatic rings. The van der Waals surface area contributed by atoms with Gasteiger partial charge in [0.1, 0.15) is 0 Å². The molecule has 0 radical (unpaired) electrons. The van der Waals surface area contributed by atoms with Gasteiger partial charge in [-0.15, -0.1) is 0 Å². The molecule has 0 aliphatic rings. The zero-order chi connectivity index (χ0) is 6.10. The second kappa shape index (κ2) is 4.32. The maximum atomic E-state index is 4.01. The monoisotopic (exact) mass is 180 g/mol. The van der Waals surface area contributed by atoms with Crippen molar-refractivity contribution < 1.29 is 21.7 Å². The number of hydrogen-bond donors (Lipinski definition) is 0. The third-order valence-electron chi connectivity index (χ3n) is 1.28. The zero-order valence-corrected chi connectivity index (χ0v) is 7.84. The second-order valence-corrected chi connectivity index (χ2v) is 1.86. The van der Waals surface area contributed by atoms with Crippen LogP contribution in [0.2, 0.25) is 0 Å². The summed E-state index contributed by atoms with van der Waals surface area (Å²) in [4.78, 5) is 8.02. The molecule has 2 nitrogen and oxygen atoms in total. The first kappa shape index (κ1) is 10.4. The Balaban J connectivity index is 0.000000500. The predicted octanol–water partition coefficient (Wildman–Crippen LogP) is 1.64. The molecule has 0 aliphatic heterocycles. The summed E-state index contributed by atoms with van der Waals surface area (Å²) in [5.41, 5.74) is 1.94. The molecule has 0 fully saturated rings. The van der Waals surface area contributed by atoms with Gasteiger partial charge in [0, 0.05) is 0 Å². The first-order chi connectivity index (χ1) is 4.47. The van der Waals surface area contributed by atoms with Gasteiger partial charge in [-0.25, -0.2) is 0 Å². The third-order valence-corrected chi connectivity index (χ3v) is 1.28. The van der Waals surface area contributed by atoms with E-state index in [0.29, 0.717) is 0 Å². The van der Waals surface area contributed by atoms with Crippen LogP contribution >= 0.6 is 0 Å². The van der Waals surface area contributed by atoms with Crippen LogP contribution in [0.5, 0.6) is 0 Å². The number of imidazole rings is 1. The minimum Gasteiger partial charge on any atom is -0.443 e. The molecule has 0 amide bonds. The van der Waals surface area contributed by atoms with Gasteiger partial charge in [0.2, 0.25) is 0 Å². The van der Waals surface area contributed by atoms with Crippen LogP contribution in [-0.2, 0) is 21.7 Å². The topological polar surface area (TPSA) is 27.0 Å². The largest absolute Gasteiger partial charge is 2.00 e. The summed E-state index contributed by atoms with van der Waals surface area (Å²) < 4.78 is 0. The molecule has 54 valence electrons. The molecule has 0 aliphatic carbocycles. The second-order valence-electron chi connectivity index (χ2n) is 1.86. The van der Waals surface area contributed by atoms with E-state index in [1.165, 1.54) is 0 Å². The van der Waals surface area contributed by atoms with Gasteiger partial charge in [0.15, 0.2) is 0 Å². The summed E-state index contributed by atoms with van der Waals surface area (Å²) >= 11 is 0. The molecule has 0 saturated carbocycles. The van der Waals surface area contributed by atoms with Gasteiger partial charge in [0.25, 0.3) is 0 Å². The van der Waals surface area contributed by atoms with Crippen molar-refractivity contribution in [3.63, 3.8) is 0 Å². The van der Waals surface area contributed by atoms with Crippen LogP contribution in [0.4, 0.5) is 0 Å². The number of fused-ring (bicyclic) bond motifs is 1. The predicted molar refractivity (Wildman–Crippen MR) is 41.5 cm³/mol. The minimum atomic E-state index is 0. The molecule has 1 aromatic carbocycles. The quantitative estimate of drug-likeness (QED) is 0.455. The van der Waals surface area contributed by atoms with E-state index in [4.69, 9.17) is 0 Å². The summed E-state index contributed by atoms with van der Waals surface area (Å²) in [6.45, 7) is 0. The fourth-order valence-electron chi connectivity index (χ4n) is 0.836. The van der Waals surface area contributed by atoms with Crippen molar-refractivity contribution in [3.8, 4) is 0 Å². The Kier molecular flexibility index (Phi) is 4.08. The standard InChI is InChI=1S/C7H5N2.CH3.Ti/c1-2-4-7-6(3-1)8-5-9-7;;/h1-5H;1H3;/q2*-1;+2. The van der Waals surface area contributed by atoms with Crippen LogP contribution < -0.4 is 4.98 Å². The zero-order valence-electron chi connectivity index (χ0n) is 6.28. The van der Waals surface area contributed by atoms with Crippen LogP contribution in [0, 0.1) is 7.43 Å². The van der Waals surface area contributed by atoms with Crippen molar-refractivity contribution in [1.82, 2.24) is 9.97 Å². The Morgan fingerprint density at radius 3 is 2.64 bits per heavy atom. The van der Waals surface area contributed by atoms with Crippen LogP contribution in [0.15, 0.2) is 30.6 Å². The Morgan fingerprint density at radius 2 is 1.91 bits per heavy atom. The van der Waals surface area contributed by atoms with Gasteiger partial charge in [-0.1, -0.05) is 30.6 Å². The molecular weight excluding hydrogens is 172 g/mol. The van der Waals surface area contributed by atoms with E-state index in [1.54, 1.807) is 6.33 Å². The summed E-state index contributed by atoms with van der Waals surface area (Å²) in [6.07, 6.45) is 1.57. The first-order valence-corrected chi connectivity index (χ1v) is 2.79. The van der Waals surface area contributed by atoms with Crippen molar-refractivity contribution in [2.75, 3.05) is 0 Å². The molecule has 0 saturated heterocycles. The number of benzene rings is 1. The Bertz CT molecular complexity index is 286. The number of para-hydroxylation sites is 2. The molecule has 0 atom stereocenters. The van der Waals surface area contributed by atoms with Crippen molar-refractivity contribution in [2.24, 2.45) is 0 Å². The molecule has 0 bridgehead atoms. The van der Waals surface area contributed by atoms with Crippen molar-refractivity contribution in [1.29, 1.82) is 0 Å². The number of nitrogens with zero attached hydrogens (tertiary/aromatic N) is 2. The summed E-state index contributed by atoms with van der Waals surface area (Å²) in [5.74, 6) is 0. The van der Waals surface area contributed by atoms with Gasteiger partial charge < -0.3 is 17.4 Å². The average Bonchev–Trinajstić information content (AvgIpc) is 2.33. The number of hydrogen-bond acceptors (Lipinski definition) is 1. The van der Waals surface area contributed by atoms with E-state index in [1.807, 2.05) is 24.3 Å². The minimum absolute atomic E-state index is 0. The molecule has 0 unspecified atom stereocenters. The molecule has 2 rings (SSSR count). The normalized spacial score (nSPS) is 8.36. The van der Waals surface area contributed by atoms with Crippen LogP contribution in [0.3, 0.4) is 0 Å². The fraction of sp³-hybridized carbons (Fsp3) is 0. The Morgan fingerprint density at radius 1 is 1.18 bits per heavy atom. The van der Waals surface area contributed by atoms with Gasteiger partial charge in [-0.3, -0.25) is 0 Å². The SMILES string of the molecule is [CH3-].[Ti+2].c1ccc2[n-]cnc2c1. The van der Waals surface area contributed by atoms with Crippen molar-refractivity contribution in [2.45, 2.75) is 0 Å². The van der Waals surface area contributed by atoms with E-state index in [-0.39, 0.29) is 29.1 Å². The Hall–Kier alpha value is -0.596. The Labute approximate surface area is 80.9 Å². The van der Waals surface area contributed by atoms with E-state index in [9.17, 15) is 0 Å². The molecule has 0 N–H and O–H groups in total. The van der Waals surface area contributed by atoms with Gasteiger partial charge in [-0.2, -0.15) is 0 Å². The van der Waals surface area contributed by atoms with Crippen LogP contribution in [-0.4, -0.2) is 4.98 Å². The molecule has 1 aromatic heterocycles. The molecule has 0 spiro atoms. The van der Waals surface area contributed by atoms with Gasteiger partial charge >= 0.3 is 21.7 Å². The van der Waals surface area contributed by atoms with E-state index >= 15 is 0 Å². The maximum absolute atomic E-state index is 4.01. The molecule has 11 heavy (non-hydrogen) atoms. The molecule has 3 heteroatoms. The van der Waals surface area contributed by atoms with Gasteiger partial charge in [0.05, 0.1) is 0 Å².